The summed E-state index contributed by atoms with van der Waals surface area (Å²) < 4.78 is 0. The van der Waals surface area contributed by atoms with Gasteiger partial charge in [-0.1, -0.05) is 11.6 Å². The molecule has 0 aromatic heterocycles. The van der Waals surface area contributed by atoms with Crippen LogP contribution in [0.3, 0.4) is 0 Å². The predicted molar refractivity (Wildman–Crippen MR) is 52.5 cm³/mol. The molecule has 1 aromatic carbocycles. The Bertz CT molecular complexity index is 283. The van der Waals surface area contributed by atoms with E-state index in [2.05, 4.69) is 17.6 Å². The molecule has 3 heteroatoms. The Hall–Kier alpha value is -0.470. The zero-order valence-electron chi connectivity index (χ0n) is 6.08. The zero-order valence-corrected chi connectivity index (χ0v) is 7.73. The second-order valence-electron chi connectivity index (χ2n) is 2.02. The minimum absolute atomic E-state index is 0.684. The van der Waals surface area contributed by atoms with Crippen LogP contribution in [0, 0.1) is 0 Å². The van der Waals surface area contributed by atoms with Crippen LogP contribution in [0.25, 0.3) is 0 Å². The Labute approximate surface area is 76.5 Å². The van der Waals surface area contributed by atoms with Crippen LogP contribution < -0.4 is 0 Å². The average Bonchev–Trinajstić information content (AvgIpc) is 1.98. The van der Waals surface area contributed by atoms with Gasteiger partial charge in [-0.3, -0.25) is 4.99 Å². The molecule has 0 N–H and O–H groups in total. The summed E-state index contributed by atoms with van der Waals surface area (Å²) in [5, 5.41) is 0.684. The molecule has 0 aliphatic rings. The first-order chi connectivity index (χ1) is 5.24. The number of hydrogen-bond donors (Lipinski definition) is 1. The van der Waals surface area contributed by atoms with Crippen LogP contribution in [0.5, 0.6) is 0 Å². The molecule has 0 aliphatic carbocycles. The molecule has 0 saturated carbocycles. The minimum Gasteiger partial charge on any atom is -0.260 e. The summed E-state index contributed by atoms with van der Waals surface area (Å²) in [6, 6.07) is 5.40. The van der Waals surface area contributed by atoms with Crippen molar-refractivity contribution in [3.63, 3.8) is 0 Å². The number of nitrogens with zero attached hydrogens (tertiary/aromatic N) is 1. The molecule has 0 unspecified atom stereocenters. The SMILES string of the molecule is CC=Nc1cc(Cl)ccc1S. The van der Waals surface area contributed by atoms with Gasteiger partial charge in [0, 0.05) is 16.1 Å². The van der Waals surface area contributed by atoms with E-state index in [1.54, 1.807) is 18.3 Å². The van der Waals surface area contributed by atoms with E-state index in [0.29, 0.717) is 5.02 Å². The summed E-state index contributed by atoms with van der Waals surface area (Å²) in [4.78, 5) is 4.92. The average molecular weight is 186 g/mol. The van der Waals surface area contributed by atoms with Crippen LogP contribution in [-0.4, -0.2) is 6.21 Å². The second-order valence-corrected chi connectivity index (χ2v) is 2.94. The number of aliphatic imine (C=N–C) groups is 1. The van der Waals surface area contributed by atoms with E-state index in [1.165, 1.54) is 0 Å². The van der Waals surface area contributed by atoms with Crippen molar-refractivity contribution in [2.45, 2.75) is 11.8 Å². The largest absolute Gasteiger partial charge is 0.260 e. The molecule has 0 amide bonds. The highest BCUT2D eigenvalue weighted by Gasteiger charge is 1.95. The normalized spacial score (nSPS) is 10.8. The molecule has 0 radical (unpaired) electrons. The van der Waals surface area contributed by atoms with Gasteiger partial charge in [0.05, 0.1) is 5.69 Å². The van der Waals surface area contributed by atoms with Crippen LogP contribution in [0.4, 0.5) is 5.69 Å². The molecule has 11 heavy (non-hydrogen) atoms. The number of halogens is 1. The van der Waals surface area contributed by atoms with Gasteiger partial charge in [0.25, 0.3) is 0 Å². The van der Waals surface area contributed by atoms with Crippen molar-refractivity contribution in [1.82, 2.24) is 0 Å². The Kier molecular flexibility index (Phi) is 2.97. The first kappa shape index (κ1) is 8.62. The summed E-state index contributed by atoms with van der Waals surface area (Å²) in [6.45, 7) is 1.86. The predicted octanol–water partition coefficient (Wildman–Crippen LogP) is 3.35. The monoisotopic (exact) mass is 185 g/mol. The van der Waals surface area contributed by atoms with Crippen molar-refractivity contribution in [2.24, 2.45) is 4.99 Å². The molecular weight excluding hydrogens is 178 g/mol. The standard InChI is InChI=1S/C8H8ClNS/c1-2-10-7-5-6(9)3-4-8(7)11/h2-5,11H,1H3. The highest BCUT2D eigenvalue weighted by Crippen LogP contribution is 2.25. The van der Waals surface area contributed by atoms with Crippen LogP contribution in [0.2, 0.25) is 5.02 Å². The molecule has 1 aromatic rings. The highest BCUT2D eigenvalue weighted by molar-refractivity contribution is 7.80. The minimum atomic E-state index is 0.684. The molecule has 1 nitrogen and oxygen atoms in total. The second kappa shape index (κ2) is 3.79. The Morgan fingerprint density at radius 3 is 2.91 bits per heavy atom. The van der Waals surface area contributed by atoms with Gasteiger partial charge in [0.15, 0.2) is 0 Å². The number of benzene rings is 1. The molecular formula is C8H8ClNS. The third kappa shape index (κ3) is 2.24. The fraction of sp³-hybridized carbons (Fsp3) is 0.125. The molecule has 0 bridgehead atoms. The maximum Gasteiger partial charge on any atom is 0.0773 e. The van der Waals surface area contributed by atoms with Crippen molar-refractivity contribution in [2.75, 3.05) is 0 Å². The van der Waals surface area contributed by atoms with Gasteiger partial charge in [-0.15, -0.1) is 12.6 Å². The molecule has 0 atom stereocenters. The third-order valence-electron chi connectivity index (χ3n) is 1.21. The van der Waals surface area contributed by atoms with Gasteiger partial charge in [-0.25, -0.2) is 0 Å². The molecule has 0 heterocycles. The Balaban J connectivity index is 3.12. The van der Waals surface area contributed by atoms with Gasteiger partial charge >= 0.3 is 0 Å². The van der Waals surface area contributed by atoms with Crippen LogP contribution in [0.15, 0.2) is 28.1 Å². The molecule has 0 spiro atoms. The molecule has 58 valence electrons. The van der Waals surface area contributed by atoms with Gasteiger partial charge in [0.1, 0.15) is 0 Å². The topological polar surface area (TPSA) is 12.4 Å². The maximum atomic E-state index is 5.74. The Morgan fingerprint density at radius 2 is 2.27 bits per heavy atom. The van der Waals surface area contributed by atoms with Crippen LogP contribution >= 0.6 is 24.2 Å². The molecule has 0 saturated heterocycles. The first-order valence-electron chi connectivity index (χ1n) is 3.21. The highest BCUT2D eigenvalue weighted by atomic mass is 35.5. The van der Waals surface area contributed by atoms with Crippen molar-refractivity contribution in [3.05, 3.63) is 23.2 Å². The molecule has 0 aliphatic heterocycles. The van der Waals surface area contributed by atoms with Crippen molar-refractivity contribution < 1.29 is 0 Å². The quantitative estimate of drug-likeness (QED) is 0.509. The van der Waals surface area contributed by atoms with Crippen molar-refractivity contribution >= 4 is 36.1 Å². The number of rotatable bonds is 1. The van der Waals surface area contributed by atoms with E-state index in [0.717, 1.165) is 10.6 Å². The maximum absolute atomic E-state index is 5.74. The lowest BCUT2D eigenvalue weighted by Gasteiger charge is -1.97. The van der Waals surface area contributed by atoms with Crippen LogP contribution in [-0.2, 0) is 0 Å². The summed E-state index contributed by atoms with van der Waals surface area (Å²) in [7, 11) is 0. The van der Waals surface area contributed by atoms with Gasteiger partial charge in [0.2, 0.25) is 0 Å². The van der Waals surface area contributed by atoms with E-state index in [1.807, 2.05) is 13.0 Å². The zero-order chi connectivity index (χ0) is 8.27. The number of thiol groups is 1. The fourth-order valence-corrected chi connectivity index (χ4v) is 1.10. The molecule has 0 fully saturated rings. The lowest BCUT2D eigenvalue weighted by atomic mass is 10.3. The van der Waals surface area contributed by atoms with E-state index in [9.17, 15) is 0 Å². The van der Waals surface area contributed by atoms with E-state index >= 15 is 0 Å². The van der Waals surface area contributed by atoms with E-state index < -0.39 is 0 Å². The lowest BCUT2D eigenvalue weighted by molar-refractivity contribution is 1.39. The summed E-state index contributed by atoms with van der Waals surface area (Å²) >= 11 is 9.95. The van der Waals surface area contributed by atoms with Crippen molar-refractivity contribution in [3.8, 4) is 0 Å². The fourth-order valence-electron chi connectivity index (χ4n) is 0.739. The Morgan fingerprint density at radius 1 is 1.55 bits per heavy atom. The smallest absolute Gasteiger partial charge is 0.0773 e. The van der Waals surface area contributed by atoms with Gasteiger partial charge in [-0.2, -0.15) is 0 Å². The first-order valence-corrected chi connectivity index (χ1v) is 4.03. The third-order valence-corrected chi connectivity index (χ3v) is 1.82. The summed E-state index contributed by atoms with van der Waals surface area (Å²) in [6.07, 6.45) is 1.71. The summed E-state index contributed by atoms with van der Waals surface area (Å²) in [5.74, 6) is 0. The van der Waals surface area contributed by atoms with Crippen molar-refractivity contribution in [1.29, 1.82) is 0 Å². The lowest BCUT2D eigenvalue weighted by Crippen LogP contribution is -1.70. The number of hydrogen-bond acceptors (Lipinski definition) is 2. The van der Waals surface area contributed by atoms with E-state index in [-0.39, 0.29) is 0 Å². The van der Waals surface area contributed by atoms with Gasteiger partial charge < -0.3 is 0 Å². The summed E-state index contributed by atoms with van der Waals surface area (Å²) in [5.41, 5.74) is 0.809. The van der Waals surface area contributed by atoms with Gasteiger partial charge in [-0.05, 0) is 25.1 Å². The molecule has 1 rings (SSSR count). The van der Waals surface area contributed by atoms with Crippen LogP contribution in [0.1, 0.15) is 6.92 Å². The van der Waals surface area contributed by atoms with E-state index in [4.69, 9.17) is 11.6 Å².